The molecule has 3 rings (SSSR count). The van der Waals surface area contributed by atoms with Gasteiger partial charge >= 0.3 is 0 Å². The lowest BCUT2D eigenvalue weighted by molar-refractivity contribution is 0.915. The maximum absolute atomic E-state index is 6.37. The van der Waals surface area contributed by atoms with Crippen LogP contribution in [0.15, 0.2) is 12.1 Å². The highest BCUT2D eigenvalue weighted by Crippen LogP contribution is 2.38. The lowest BCUT2D eigenvalue weighted by Gasteiger charge is -2.08. The topological polar surface area (TPSA) is 26.0 Å². The first kappa shape index (κ1) is 13.0. The minimum absolute atomic E-state index is 0.0122. The first-order valence-electron chi connectivity index (χ1n) is 5.86. The van der Waals surface area contributed by atoms with E-state index in [1.807, 2.05) is 30.0 Å². The van der Waals surface area contributed by atoms with E-state index in [0.717, 1.165) is 15.7 Å². The van der Waals surface area contributed by atoms with E-state index >= 15 is 0 Å². The molecule has 1 unspecified atom stereocenters. The van der Waals surface area contributed by atoms with Crippen LogP contribution in [0.2, 0.25) is 4.34 Å². The van der Waals surface area contributed by atoms with E-state index in [2.05, 4.69) is 12.1 Å². The van der Waals surface area contributed by atoms with Gasteiger partial charge in [-0.3, -0.25) is 0 Å². The van der Waals surface area contributed by atoms with Crippen LogP contribution in [0.5, 0.6) is 0 Å². The SMILES string of the molecule is Cc1cc(C(N)c2cc3c(s2)CCSC3)sc1Cl. The third kappa shape index (κ3) is 2.37. The molecule has 0 fully saturated rings. The van der Waals surface area contributed by atoms with E-state index in [-0.39, 0.29) is 6.04 Å². The zero-order valence-electron chi connectivity index (χ0n) is 10.0. The molecule has 2 aromatic heterocycles. The Bertz CT molecular complexity index is 530. The molecule has 0 aromatic carbocycles. The van der Waals surface area contributed by atoms with Gasteiger partial charge in [-0.2, -0.15) is 11.8 Å². The van der Waals surface area contributed by atoms with Crippen LogP contribution in [-0.2, 0) is 12.2 Å². The van der Waals surface area contributed by atoms with E-state index in [4.69, 9.17) is 17.3 Å². The van der Waals surface area contributed by atoms with Crippen molar-refractivity contribution in [2.24, 2.45) is 5.73 Å². The fourth-order valence-corrected chi connectivity index (χ4v) is 5.81. The molecule has 0 bridgehead atoms. The summed E-state index contributed by atoms with van der Waals surface area (Å²) < 4.78 is 0.859. The highest BCUT2D eigenvalue weighted by atomic mass is 35.5. The molecule has 5 heteroatoms. The number of aryl methyl sites for hydroxylation is 2. The fraction of sp³-hybridized carbons (Fsp3) is 0.385. The number of thiophene rings is 2. The number of hydrogen-bond acceptors (Lipinski definition) is 4. The van der Waals surface area contributed by atoms with Gasteiger partial charge in [-0.25, -0.2) is 0 Å². The lowest BCUT2D eigenvalue weighted by Crippen LogP contribution is -2.08. The smallest absolute Gasteiger partial charge is 0.0961 e. The number of rotatable bonds is 2. The average Bonchev–Trinajstić information content (AvgIpc) is 2.93. The minimum atomic E-state index is -0.0122. The van der Waals surface area contributed by atoms with Crippen LogP contribution in [0.4, 0.5) is 0 Å². The first-order valence-corrected chi connectivity index (χ1v) is 9.02. The molecular weight excluding hydrogens is 302 g/mol. The van der Waals surface area contributed by atoms with Crippen molar-refractivity contribution in [2.75, 3.05) is 5.75 Å². The first-order chi connectivity index (χ1) is 8.65. The molecular formula is C13H14ClNS3. The Kier molecular flexibility index (Phi) is 3.74. The Morgan fingerprint density at radius 3 is 2.72 bits per heavy atom. The van der Waals surface area contributed by atoms with Gasteiger partial charge in [0.05, 0.1) is 10.4 Å². The van der Waals surface area contributed by atoms with Crippen LogP contribution in [-0.4, -0.2) is 5.75 Å². The Labute approximate surface area is 124 Å². The van der Waals surface area contributed by atoms with Crippen LogP contribution in [0.3, 0.4) is 0 Å². The van der Waals surface area contributed by atoms with Crippen molar-refractivity contribution < 1.29 is 0 Å². The van der Waals surface area contributed by atoms with Crippen LogP contribution < -0.4 is 5.73 Å². The largest absolute Gasteiger partial charge is 0.319 e. The van der Waals surface area contributed by atoms with E-state index in [0.29, 0.717) is 0 Å². The Morgan fingerprint density at radius 1 is 1.28 bits per heavy atom. The minimum Gasteiger partial charge on any atom is -0.319 e. The molecule has 0 saturated carbocycles. The van der Waals surface area contributed by atoms with Crippen molar-refractivity contribution in [3.8, 4) is 0 Å². The van der Waals surface area contributed by atoms with Crippen molar-refractivity contribution in [2.45, 2.75) is 25.1 Å². The Morgan fingerprint density at radius 2 is 2.06 bits per heavy atom. The zero-order valence-corrected chi connectivity index (χ0v) is 13.2. The van der Waals surface area contributed by atoms with Gasteiger partial charge in [-0.05, 0) is 42.4 Å². The molecule has 1 aliphatic rings. The Balaban J connectivity index is 1.92. The third-order valence-electron chi connectivity index (χ3n) is 3.14. The van der Waals surface area contributed by atoms with E-state index in [1.165, 1.54) is 32.4 Å². The van der Waals surface area contributed by atoms with Crippen LogP contribution >= 0.6 is 46.0 Å². The molecule has 2 N–H and O–H groups in total. The zero-order chi connectivity index (χ0) is 12.7. The third-order valence-corrected chi connectivity index (χ3v) is 7.10. The number of halogens is 1. The van der Waals surface area contributed by atoms with Gasteiger partial charge in [0, 0.05) is 20.4 Å². The van der Waals surface area contributed by atoms with Gasteiger partial charge in [0.15, 0.2) is 0 Å². The summed E-state index contributed by atoms with van der Waals surface area (Å²) in [6.07, 6.45) is 1.20. The summed E-state index contributed by atoms with van der Waals surface area (Å²) in [6.45, 7) is 2.03. The van der Waals surface area contributed by atoms with Gasteiger partial charge in [-0.15, -0.1) is 22.7 Å². The highest BCUT2D eigenvalue weighted by molar-refractivity contribution is 7.98. The van der Waals surface area contributed by atoms with Crippen molar-refractivity contribution in [3.63, 3.8) is 0 Å². The van der Waals surface area contributed by atoms with Gasteiger partial charge in [0.1, 0.15) is 0 Å². The fourth-order valence-electron chi connectivity index (χ4n) is 2.10. The summed E-state index contributed by atoms with van der Waals surface area (Å²) in [4.78, 5) is 3.97. The molecule has 2 aromatic rings. The second-order valence-electron chi connectivity index (χ2n) is 4.48. The summed E-state index contributed by atoms with van der Waals surface area (Å²) in [5.74, 6) is 2.38. The second-order valence-corrected chi connectivity index (χ2v) is 8.44. The predicted octanol–water partition coefficient (Wildman–Crippen LogP) is 4.61. The van der Waals surface area contributed by atoms with E-state index in [1.54, 1.807) is 11.3 Å². The number of hydrogen-bond donors (Lipinski definition) is 1. The van der Waals surface area contributed by atoms with Crippen LogP contribution in [0.25, 0.3) is 0 Å². The van der Waals surface area contributed by atoms with Crippen LogP contribution in [0.1, 0.15) is 31.8 Å². The molecule has 96 valence electrons. The molecule has 18 heavy (non-hydrogen) atoms. The second kappa shape index (κ2) is 5.17. The standard InChI is InChI=1S/C13H14ClNS3/c1-7-4-10(18-13(7)14)12(15)11-5-8-6-16-3-2-9(8)17-11/h4-5,12H,2-3,6,15H2,1H3. The van der Waals surface area contributed by atoms with Gasteiger partial charge in [0.25, 0.3) is 0 Å². The summed E-state index contributed by atoms with van der Waals surface area (Å²) >= 11 is 11.6. The van der Waals surface area contributed by atoms with E-state index < -0.39 is 0 Å². The van der Waals surface area contributed by atoms with Gasteiger partial charge in [0.2, 0.25) is 0 Å². The molecule has 1 atom stereocenters. The van der Waals surface area contributed by atoms with Crippen molar-refractivity contribution in [1.29, 1.82) is 0 Å². The monoisotopic (exact) mass is 315 g/mol. The summed E-state index contributed by atoms with van der Waals surface area (Å²) in [6, 6.07) is 4.40. The Hall–Kier alpha value is -0.000000000000000167. The quantitative estimate of drug-likeness (QED) is 0.876. The number of thioether (sulfide) groups is 1. The summed E-state index contributed by atoms with van der Waals surface area (Å²) in [5, 5.41) is 0. The molecule has 1 aliphatic heterocycles. The molecule has 0 amide bonds. The average molecular weight is 316 g/mol. The predicted molar refractivity (Wildman–Crippen MR) is 84.3 cm³/mol. The van der Waals surface area contributed by atoms with E-state index in [9.17, 15) is 0 Å². The summed E-state index contributed by atoms with van der Waals surface area (Å²) in [7, 11) is 0. The number of fused-ring (bicyclic) bond motifs is 1. The van der Waals surface area contributed by atoms with Crippen molar-refractivity contribution in [3.05, 3.63) is 42.2 Å². The van der Waals surface area contributed by atoms with Gasteiger partial charge < -0.3 is 5.73 Å². The van der Waals surface area contributed by atoms with Crippen molar-refractivity contribution in [1.82, 2.24) is 0 Å². The number of nitrogens with two attached hydrogens (primary N) is 1. The summed E-state index contributed by atoms with van der Waals surface area (Å²) in [5.41, 5.74) is 8.98. The van der Waals surface area contributed by atoms with Crippen molar-refractivity contribution >= 4 is 46.0 Å². The molecule has 1 nitrogen and oxygen atoms in total. The molecule has 0 saturated heterocycles. The molecule has 0 radical (unpaired) electrons. The maximum Gasteiger partial charge on any atom is 0.0961 e. The van der Waals surface area contributed by atoms with Crippen LogP contribution in [0, 0.1) is 6.92 Å². The highest BCUT2D eigenvalue weighted by Gasteiger charge is 2.19. The molecule has 0 aliphatic carbocycles. The lowest BCUT2D eigenvalue weighted by atomic mass is 10.1. The molecule has 3 heterocycles. The molecule has 0 spiro atoms. The normalized spacial score (nSPS) is 16.6. The van der Waals surface area contributed by atoms with Gasteiger partial charge in [-0.1, -0.05) is 11.6 Å². The maximum atomic E-state index is 6.37.